The van der Waals surface area contributed by atoms with Gasteiger partial charge in [0.2, 0.25) is 0 Å². The van der Waals surface area contributed by atoms with E-state index in [1.54, 1.807) is 6.07 Å². The van der Waals surface area contributed by atoms with Crippen molar-refractivity contribution >= 4 is 28.0 Å². The fourth-order valence-electron chi connectivity index (χ4n) is 6.26. The predicted molar refractivity (Wildman–Crippen MR) is 198 cm³/mol. The summed E-state index contributed by atoms with van der Waals surface area (Å²) in [4.78, 5) is 12.3. The van der Waals surface area contributed by atoms with Crippen molar-refractivity contribution < 1.29 is 5.11 Å². The largest absolute Gasteiger partial charge is 0.507 e. The van der Waals surface area contributed by atoms with Crippen molar-refractivity contribution in [3.05, 3.63) is 182 Å². The maximum Gasteiger partial charge on any atom is 0.138 e. The van der Waals surface area contributed by atoms with Gasteiger partial charge in [-0.1, -0.05) is 121 Å². The highest BCUT2D eigenvalue weighted by atomic mass is 16.3. The smallest absolute Gasteiger partial charge is 0.138 e. The molecule has 0 spiro atoms. The zero-order valence-corrected chi connectivity index (χ0v) is 26.1. The summed E-state index contributed by atoms with van der Waals surface area (Å²) in [5.74, 6) is 1.01. The SMILES string of the molecule is Oc1ccccc1-c1cc(-c2ccccc2)cc(-c2cccc(N(c3cc(-c4ccccc4)ccn3)c3cccc4ccccc34)c2)n1. The minimum absolute atomic E-state index is 0.196. The number of anilines is 3. The predicted octanol–water partition coefficient (Wildman–Crippen LogP) is 11.5. The van der Waals surface area contributed by atoms with Gasteiger partial charge >= 0.3 is 0 Å². The van der Waals surface area contributed by atoms with Crippen LogP contribution in [0.3, 0.4) is 0 Å². The van der Waals surface area contributed by atoms with E-state index in [4.69, 9.17) is 9.97 Å². The van der Waals surface area contributed by atoms with Crippen molar-refractivity contribution in [3.63, 3.8) is 0 Å². The number of nitrogens with zero attached hydrogens (tertiary/aromatic N) is 3. The normalized spacial score (nSPS) is 11.0. The van der Waals surface area contributed by atoms with Crippen LogP contribution < -0.4 is 4.90 Å². The quantitative estimate of drug-likeness (QED) is 0.193. The van der Waals surface area contributed by atoms with E-state index in [0.717, 1.165) is 61.5 Å². The van der Waals surface area contributed by atoms with Crippen LogP contribution in [0.4, 0.5) is 17.2 Å². The number of phenols is 1. The minimum Gasteiger partial charge on any atom is -0.507 e. The summed E-state index contributed by atoms with van der Waals surface area (Å²) in [6.07, 6.45) is 1.88. The number of aromatic nitrogens is 2. The van der Waals surface area contributed by atoms with Crippen molar-refractivity contribution in [2.75, 3.05) is 4.90 Å². The highest BCUT2D eigenvalue weighted by Gasteiger charge is 2.19. The first-order valence-electron chi connectivity index (χ1n) is 16.0. The summed E-state index contributed by atoms with van der Waals surface area (Å²) < 4.78 is 0. The van der Waals surface area contributed by atoms with Crippen LogP contribution in [0.25, 0.3) is 55.5 Å². The molecular weight excluding hydrogens is 587 g/mol. The molecule has 4 heteroatoms. The molecule has 4 nitrogen and oxygen atoms in total. The van der Waals surface area contributed by atoms with E-state index in [1.807, 2.05) is 54.7 Å². The molecular formula is C44H31N3O. The lowest BCUT2D eigenvalue weighted by Gasteiger charge is -2.26. The number of rotatable bonds is 7. The molecule has 0 saturated heterocycles. The molecule has 2 heterocycles. The van der Waals surface area contributed by atoms with Crippen LogP contribution in [0.15, 0.2) is 182 Å². The van der Waals surface area contributed by atoms with Gasteiger partial charge in [0.25, 0.3) is 0 Å². The Morgan fingerprint density at radius 1 is 0.458 bits per heavy atom. The molecule has 0 fully saturated rings. The van der Waals surface area contributed by atoms with Crippen molar-refractivity contribution in [2.45, 2.75) is 0 Å². The standard InChI is InChI=1S/C44H31N3O/c48-43-24-10-9-22-39(43)41-29-36(32-15-5-2-6-16-32)28-40(46-41)35-19-11-20-37(27-35)47(42-23-12-18-33-17-7-8-21-38(33)42)44-30-34(25-26-45-44)31-13-3-1-4-14-31/h1-30,48H. The second-order valence-corrected chi connectivity index (χ2v) is 11.7. The van der Waals surface area contributed by atoms with Gasteiger partial charge in [0.1, 0.15) is 11.6 Å². The van der Waals surface area contributed by atoms with Gasteiger partial charge in [0, 0.05) is 28.4 Å². The first kappa shape index (κ1) is 28.9. The number of hydrogen-bond donors (Lipinski definition) is 1. The third-order valence-corrected chi connectivity index (χ3v) is 8.60. The Kier molecular flexibility index (Phi) is 7.65. The molecule has 8 rings (SSSR count). The van der Waals surface area contributed by atoms with Crippen LogP contribution in [0.5, 0.6) is 5.75 Å². The van der Waals surface area contributed by atoms with Crippen LogP contribution in [0, 0.1) is 0 Å². The molecule has 6 aromatic carbocycles. The van der Waals surface area contributed by atoms with Gasteiger partial charge in [-0.3, -0.25) is 4.90 Å². The monoisotopic (exact) mass is 617 g/mol. The first-order valence-corrected chi connectivity index (χ1v) is 16.0. The van der Waals surface area contributed by atoms with Crippen LogP contribution >= 0.6 is 0 Å². The second-order valence-electron chi connectivity index (χ2n) is 11.7. The van der Waals surface area contributed by atoms with Crippen molar-refractivity contribution in [2.24, 2.45) is 0 Å². The summed E-state index contributed by atoms with van der Waals surface area (Å²) >= 11 is 0. The first-order chi connectivity index (χ1) is 23.7. The summed E-state index contributed by atoms with van der Waals surface area (Å²) in [7, 11) is 0. The molecule has 0 bridgehead atoms. The molecule has 0 unspecified atom stereocenters. The minimum atomic E-state index is 0.196. The maximum atomic E-state index is 10.8. The molecule has 228 valence electrons. The molecule has 0 amide bonds. The number of pyridine rings is 2. The Morgan fingerprint density at radius 2 is 1.10 bits per heavy atom. The number of phenolic OH excluding ortho intramolecular Hbond substituents is 1. The Bertz CT molecular complexity index is 2370. The Labute approximate surface area is 279 Å². The number of hydrogen-bond acceptors (Lipinski definition) is 4. The zero-order chi connectivity index (χ0) is 32.3. The van der Waals surface area contributed by atoms with Gasteiger partial charge in [0.15, 0.2) is 0 Å². The molecule has 8 aromatic rings. The van der Waals surface area contributed by atoms with E-state index >= 15 is 0 Å². The number of benzene rings is 6. The average Bonchev–Trinajstić information content (AvgIpc) is 3.16. The van der Waals surface area contributed by atoms with Crippen LogP contribution in [-0.4, -0.2) is 15.1 Å². The van der Waals surface area contributed by atoms with Crippen LogP contribution in [0.1, 0.15) is 0 Å². The van der Waals surface area contributed by atoms with E-state index in [2.05, 4.69) is 126 Å². The lowest BCUT2D eigenvalue weighted by atomic mass is 9.99. The van der Waals surface area contributed by atoms with E-state index in [9.17, 15) is 5.11 Å². The van der Waals surface area contributed by atoms with Gasteiger partial charge in [-0.2, -0.15) is 0 Å². The number of fused-ring (bicyclic) bond motifs is 1. The highest BCUT2D eigenvalue weighted by molar-refractivity contribution is 5.99. The van der Waals surface area contributed by atoms with Gasteiger partial charge in [-0.25, -0.2) is 9.97 Å². The summed E-state index contributed by atoms with van der Waals surface area (Å²) in [6, 6.07) is 59.7. The summed E-state index contributed by atoms with van der Waals surface area (Å²) in [6.45, 7) is 0. The van der Waals surface area contributed by atoms with Crippen molar-refractivity contribution in [1.82, 2.24) is 9.97 Å². The van der Waals surface area contributed by atoms with E-state index in [0.29, 0.717) is 11.3 Å². The van der Waals surface area contributed by atoms with E-state index in [-0.39, 0.29) is 5.75 Å². The van der Waals surface area contributed by atoms with Gasteiger partial charge < -0.3 is 5.11 Å². The second kappa shape index (κ2) is 12.7. The molecule has 1 N–H and O–H groups in total. The summed E-state index contributed by atoms with van der Waals surface area (Å²) in [5, 5.41) is 13.1. The van der Waals surface area contributed by atoms with Gasteiger partial charge in [-0.05, 0) is 82.2 Å². The fourth-order valence-corrected chi connectivity index (χ4v) is 6.26. The molecule has 0 saturated carbocycles. The van der Waals surface area contributed by atoms with Crippen LogP contribution in [-0.2, 0) is 0 Å². The fraction of sp³-hybridized carbons (Fsp3) is 0. The molecule has 0 atom stereocenters. The molecule has 0 radical (unpaired) electrons. The molecule has 0 aliphatic rings. The molecule has 0 aliphatic heterocycles. The Balaban J connectivity index is 1.32. The van der Waals surface area contributed by atoms with Gasteiger partial charge in [0.05, 0.1) is 17.1 Å². The molecule has 48 heavy (non-hydrogen) atoms. The molecule has 0 aliphatic carbocycles. The molecule has 2 aromatic heterocycles. The van der Waals surface area contributed by atoms with Crippen molar-refractivity contribution in [3.8, 4) is 50.5 Å². The topological polar surface area (TPSA) is 49.2 Å². The maximum absolute atomic E-state index is 10.8. The zero-order valence-electron chi connectivity index (χ0n) is 26.1. The van der Waals surface area contributed by atoms with E-state index in [1.165, 1.54) is 0 Å². The third kappa shape index (κ3) is 5.68. The van der Waals surface area contributed by atoms with Crippen LogP contribution in [0.2, 0.25) is 0 Å². The average molecular weight is 618 g/mol. The lowest BCUT2D eigenvalue weighted by Crippen LogP contribution is -2.12. The van der Waals surface area contributed by atoms with Gasteiger partial charge in [-0.15, -0.1) is 0 Å². The van der Waals surface area contributed by atoms with E-state index < -0.39 is 0 Å². The third-order valence-electron chi connectivity index (χ3n) is 8.60. The lowest BCUT2D eigenvalue weighted by molar-refractivity contribution is 0.477. The Hall–Kier alpha value is -6.52. The highest BCUT2D eigenvalue weighted by Crippen LogP contribution is 2.41. The Morgan fingerprint density at radius 3 is 1.92 bits per heavy atom. The number of aromatic hydroxyl groups is 1. The van der Waals surface area contributed by atoms with Crippen molar-refractivity contribution in [1.29, 1.82) is 0 Å². The summed E-state index contributed by atoms with van der Waals surface area (Å²) in [5.41, 5.74) is 9.46. The number of para-hydroxylation sites is 1.